The summed E-state index contributed by atoms with van der Waals surface area (Å²) in [5.41, 5.74) is 1.18. The lowest BCUT2D eigenvalue weighted by Crippen LogP contribution is -2.35. The molecule has 1 aliphatic heterocycles. The number of fused-ring (bicyclic) bond motifs is 4. The Labute approximate surface area is 192 Å². The highest BCUT2D eigenvalue weighted by Gasteiger charge is 2.21. The third kappa shape index (κ3) is 3.34. The van der Waals surface area contributed by atoms with Crippen molar-refractivity contribution in [3.8, 4) is 23.1 Å². The normalized spacial score (nSPS) is 14.9. The molecule has 0 fully saturated rings. The Morgan fingerprint density at radius 2 is 2.03 bits per heavy atom. The smallest absolute Gasteiger partial charge is 0.267 e. The summed E-state index contributed by atoms with van der Waals surface area (Å²) >= 11 is 0. The largest absolute Gasteiger partial charge is 0.486 e. The molecular formula is C23H19N7O4. The van der Waals surface area contributed by atoms with Gasteiger partial charge in [-0.2, -0.15) is 10.1 Å². The maximum absolute atomic E-state index is 13.3. The molecule has 0 radical (unpaired) electrons. The molecule has 5 heterocycles. The average Bonchev–Trinajstić information content (AvgIpc) is 3.38. The number of para-hydroxylation sites is 2. The molecule has 0 aliphatic carbocycles. The van der Waals surface area contributed by atoms with E-state index in [0.717, 1.165) is 5.75 Å². The van der Waals surface area contributed by atoms with Crippen LogP contribution in [0.2, 0.25) is 0 Å². The first kappa shape index (κ1) is 20.0. The molecule has 0 bridgehead atoms. The van der Waals surface area contributed by atoms with E-state index in [1.54, 1.807) is 30.7 Å². The number of rotatable bonds is 5. The van der Waals surface area contributed by atoms with Gasteiger partial charge in [-0.05, 0) is 18.2 Å². The van der Waals surface area contributed by atoms with Crippen molar-refractivity contribution < 1.29 is 14.2 Å². The highest BCUT2D eigenvalue weighted by molar-refractivity contribution is 6.02. The maximum Gasteiger partial charge on any atom is 0.267 e. The predicted octanol–water partition coefficient (Wildman–Crippen LogP) is 2.31. The number of anilines is 1. The lowest BCUT2D eigenvalue weighted by molar-refractivity contribution is 0.0996. The third-order valence-corrected chi connectivity index (χ3v) is 5.55. The van der Waals surface area contributed by atoms with Crippen LogP contribution in [0.1, 0.15) is 0 Å². The molecule has 0 saturated heterocycles. The van der Waals surface area contributed by atoms with E-state index in [2.05, 4.69) is 30.5 Å². The monoisotopic (exact) mass is 457 g/mol. The Hall–Kier alpha value is -4.67. The summed E-state index contributed by atoms with van der Waals surface area (Å²) in [7, 11) is 1.53. The van der Waals surface area contributed by atoms with Crippen LogP contribution in [0, 0.1) is 0 Å². The minimum Gasteiger partial charge on any atom is -0.486 e. The van der Waals surface area contributed by atoms with Gasteiger partial charge in [-0.15, -0.1) is 0 Å². The summed E-state index contributed by atoms with van der Waals surface area (Å²) in [6.07, 6.45) is 4.55. The topological polar surface area (TPSA) is 129 Å². The molecular weight excluding hydrogens is 438 g/mol. The van der Waals surface area contributed by atoms with E-state index in [1.807, 2.05) is 24.3 Å². The van der Waals surface area contributed by atoms with Crippen LogP contribution in [-0.2, 0) is 0 Å². The SMILES string of the molecule is COc1ccc(-n2c(=O)c3c[nH]nc3c3cnc(NC[C@H]4COc5ccccc5O4)nc32)cn1. The molecule has 1 aromatic carbocycles. The number of aromatic amines is 1. The summed E-state index contributed by atoms with van der Waals surface area (Å²) in [5, 5.41) is 11.2. The molecule has 0 spiro atoms. The number of nitrogens with one attached hydrogen (secondary N) is 2. The first-order valence-corrected chi connectivity index (χ1v) is 10.6. The molecule has 0 amide bonds. The second kappa shape index (κ2) is 8.03. The van der Waals surface area contributed by atoms with Gasteiger partial charge < -0.3 is 19.5 Å². The molecule has 1 aliphatic rings. The van der Waals surface area contributed by atoms with Gasteiger partial charge in [0, 0.05) is 18.5 Å². The number of H-pyrrole nitrogens is 1. The molecule has 11 heteroatoms. The van der Waals surface area contributed by atoms with Crippen LogP contribution in [0.4, 0.5) is 5.95 Å². The zero-order valence-electron chi connectivity index (χ0n) is 18.1. The van der Waals surface area contributed by atoms with E-state index in [1.165, 1.54) is 11.7 Å². The zero-order chi connectivity index (χ0) is 23.1. The van der Waals surface area contributed by atoms with Gasteiger partial charge in [0.25, 0.3) is 5.56 Å². The summed E-state index contributed by atoms with van der Waals surface area (Å²) in [5.74, 6) is 2.21. The first-order valence-electron chi connectivity index (χ1n) is 10.6. The molecule has 5 aromatic rings. The van der Waals surface area contributed by atoms with E-state index in [4.69, 9.17) is 14.2 Å². The van der Waals surface area contributed by atoms with Crippen molar-refractivity contribution in [3.63, 3.8) is 0 Å². The number of ether oxygens (including phenoxy) is 3. The number of benzene rings is 1. The summed E-state index contributed by atoms with van der Waals surface area (Å²) in [4.78, 5) is 26.6. The summed E-state index contributed by atoms with van der Waals surface area (Å²) in [6.45, 7) is 0.812. The second-order valence-electron chi connectivity index (χ2n) is 7.66. The van der Waals surface area contributed by atoms with Gasteiger partial charge in [0.05, 0.1) is 36.3 Å². The van der Waals surface area contributed by atoms with Gasteiger partial charge in [-0.25, -0.2) is 9.97 Å². The Kier molecular flexibility index (Phi) is 4.72. The van der Waals surface area contributed by atoms with Gasteiger partial charge in [0.1, 0.15) is 18.2 Å². The van der Waals surface area contributed by atoms with Crippen molar-refractivity contribution >= 4 is 27.9 Å². The molecule has 0 saturated carbocycles. The Morgan fingerprint density at radius 3 is 2.85 bits per heavy atom. The van der Waals surface area contributed by atoms with Gasteiger partial charge >= 0.3 is 0 Å². The number of aromatic nitrogens is 6. The van der Waals surface area contributed by atoms with Crippen LogP contribution < -0.4 is 25.1 Å². The van der Waals surface area contributed by atoms with Crippen molar-refractivity contribution in [2.24, 2.45) is 0 Å². The van der Waals surface area contributed by atoms with Gasteiger partial charge in [-0.3, -0.25) is 14.5 Å². The number of hydrogen-bond donors (Lipinski definition) is 2. The van der Waals surface area contributed by atoms with E-state index in [0.29, 0.717) is 58.4 Å². The molecule has 170 valence electrons. The zero-order valence-corrected chi connectivity index (χ0v) is 18.1. The van der Waals surface area contributed by atoms with Crippen LogP contribution >= 0.6 is 0 Å². The van der Waals surface area contributed by atoms with Crippen LogP contribution in [-0.4, -0.2) is 56.1 Å². The minimum absolute atomic E-state index is 0.226. The fourth-order valence-electron chi connectivity index (χ4n) is 3.90. The number of nitrogens with zero attached hydrogens (tertiary/aromatic N) is 5. The molecule has 6 rings (SSSR count). The highest BCUT2D eigenvalue weighted by atomic mass is 16.6. The first-order chi connectivity index (χ1) is 16.7. The Balaban J connectivity index is 1.37. The minimum atomic E-state index is -0.270. The molecule has 2 N–H and O–H groups in total. The Bertz CT molecular complexity index is 1560. The van der Waals surface area contributed by atoms with Crippen molar-refractivity contribution in [2.45, 2.75) is 6.10 Å². The van der Waals surface area contributed by atoms with Crippen molar-refractivity contribution in [2.75, 3.05) is 25.6 Å². The van der Waals surface area contributed by atoms with Crippen LogP contribution in [0.25, 0.3) is 27.6 Å². The molecule has 1 atom stereocenters. The predicted molar refractivity (Wildman–Crippen MR) is 124 cm³/mol. The third-order valence-electron chi connectivity index (χ3n) is 5.55. The fourth-order valence-corrected chi connectivity index (χ4v) is 3.90. The Morgan fingerprint density at radius 1 is 1.15 bits per heavy atom. The second-order valence-corrected chi connectivity index (χ2v) is 7.66. The number of methoxy groups -OCH3 is 1. The van der Waals surface area contributed by atoms with Gasteiger partial charge in [0.15, 0.2) is 17.1 Å². The molecule has 4 aromatic heterocycles. The van der Waals surface area contributed by atoms with Crippen molar-refractivity contribution in [3.05, 3.63) is 65.3 Å². The molecule has 0 unspecified atom stereocenters. The lowest BCUT2D eigenvalue weighted by Gasteiger charge is -2.26. The van der Waals surface area contributed by atoms with Crippen molar-refractivity contribution in [1.82, 2.24) is 29.7 Å². The number of pyridine rings is 2. The van der Waals surface area contributed by atoms with Crippen LogP contribution in [0.3, 0.4) is 0 Å². The summed E-state index contributed by atoms with van der Waals surface area (Å²) < 4.78 is 18.4. The van der Waals surface area contributed by atoms with Crippen molar-refractivity contribution in [1.29, 1.82) is 0 Å². The summed E-state index contributed by atoms with van der Waals surface area (Å²) in [6, 6.07) is 11.0. The molecule has 34 heavy (non-hydrogen) atoms. The standard InChI is InChI=1S/C23H19N7O4/c1-32-19-7-6-13(8-24-19)30-21-15(20-16(22(30)31)11-27-29-20)10-26-23(28-21)25-9-14-12-33-17-4-2-3-5-18(17)34-14/h2-8,10-11,14H,9,12H2,1H3,(H,27,29)(H,25,26,28)/t14-/m0/s1. The average molecular weight is 457 g/mol. The van der Waals surface area contributed by atoms with E-state index in [9.17, 15) is 4.79 Å². The fraction of sp³-hybridized carbons (Fsp3) is 0.174. The highest BCUT2D eigenvalue weighted by Crippen LogP contribution is 2.31. The van der Waals surface area contributed by atoms with Gasteiger partial charge in [-0.1, -0.05) is 12.1 Å². The number of hydrogen-bond acceptors (Lipinski definition) is 9. The quantitative estimate of drug-likeness (QED) is 0.408. The van der Waals surface area contributed by atoms with E-state index < -0.39 is 0 Å². The van der Waals surface area contributed by atoms with Crippen LogP contribution in [0.15, 0.2) is 59.8 Å². The van der Waals surface area contributed by atoms with Crippen LogP contribution in [0.5, 0.6) is 17.4 Å². The maximum atomic E-state index is 13.3. The molecule has 11 nitrogen and oxygen atoms in total. The lowest BCUT2D eigenvalue weighted by atomic mass is 10.2. The van der Waals surface area contributed by atoms with E-state index >= 15 is 0 Å². The van der Waals surface area contributed by atoms with E-state index in [-0.39, 0.29) is 11.7 Å². The van der Waals surface area contributed by atoms with Gasteiger partial charge in [0.2, 0.25) is 11.8 Å².